The lowest BCUT2D eigenvalue weighted by atomic mass is 10.1. The average molecular weight is 280 g/mol. The van der Waals surface area contributed by atoms with Gasteiger partial charge in [0.2, 0.25) is 0 Å². The third kappa shape index (κ3) is 3.06. The van der Waals surface area contributed by atoms with Crippen LogP contribution in [0.25, 0.3) is 0 Å². The first-order valence-electron chi connectivity index (χ1n) is 5.97. The van der Waals surface area contributed by atoms with Crippen molar-refractivity contribution in [2.45, 2.75) is 19.9 Å². The molecule has 4 heteroatoms. The highest BCUT2D eigenvalue weighted by atomic mass is 35.5. The van der Waals surface area contributed by atoms with E-state index in [4.69, 9.17) is 22.1 Å². The molecule has 0 heterocycles. The topological polar surface area (TPSA) is 35.2 Å². The number of ether oxygens (including phenoxy) is 1. The first kappa shape index (κ1) is 13.8. The second kappa shape index (κ2) is 5.59. The zero-order valence-electron chi connectivity index (χ0n) is 10.8. The second-order valence-corrected chi connectivity index (χ2v) is 4.88. The molecule has 0 radical (unpaired) electrons. The summed E-state index contributed by atoms with van der Waals surface area (Å²) in [5.41, 5.74) is 7.16. The van der Waals surface area contributed by atoms with Crippen LogP contribution in [0.15, 0.2) is 36.4 Å². The van der Waals surface area contributed by atoms with Crippen molar-refractivity contribution in [1.29, 1.82) is 0 Å². The normalized spacial score (nSPS) is 12.3. The molecule has 1 unspecified atom stereocenters. The van der Waals surface area contributed by atoms with Gasteiger partial charge in [-0.05, 0) is 43.7 Å². The van der Waals surface area contributed by atoms with Crippen LogP contribution in [0.2, 0.25) is 5.02 Å². The standard InChI is InChI=1S/C15H15ClFNO/c1-9-6-7-13(11(16)8-9)19-14-5-3-4-12(17)15(14)10(2)18/h3-8,10H,18H2,1-2H3. The summed E-state index contributed by atoms with van der Waals surface area (Å²) in [5.74, 6) is 0.497. The predicted molar refractivity (Wildman–Crippen MR) is 75.3 cm³/mol. The smallest absolute Gasteiger partial charge is 0.146 e. The molecule has 0 bridgehead atoms. The Morgan fingerprint density at radius 2 is 1.95 bits per heavy atom. The van der Waals surface area contributed by atoms with Crippen LogP contribution in [0.3, 0.4) is 0 Å². The van der Waals surface area contributed by atoms with Gasteiger partial charge >= 0.3 is 0 Å². The summed E-state index contributed by atoms with van der Waals surface area (Å²) in [6, 6.07) is 9.60. The SMILES string of the molecule is Cc1ccc(Oc2cccc(F)c2C(C)N)c(Cl)c1. The fraction of sp³-hybridized carbons (Fsp3) is 0.200. The fourth-order valence-electron chi connectivity index (χ4n) is 1.86. The molecule has 2 nitrogen and oxygen atoms in total. The lowest BCUT2D eigenvalue weighted by Gasteiger charge is -2.15. The quantitative estimate of drug-likeness (QED) is 0.891. The molecule has 2 rings (SSSR count). The molecule has 0 aliphatic rings. The monoisotopic (exact) mass is 279 g/mol. The Balaban J connectivity index is 2.41. The average Bonchev–Trinajstić information content (AvgIpc) is 2.32. The zero-order chi connectivity index (χ0) is 14.0. The Kier molecular flexibility index (Phi) is 4.08. The number of benzene rings is 2. The van der Waals surface area contributed by atoms with Crippen molar-refractivity contribution in [3.8, 4) is 11.5 Å². The van der Waals surface area contributed by atoms with Gasteiger partial charge in [-0.2, -0.15) is 0 Å². The van der Waals surface area contributed by atoms with Crippen molar-refractivity contribution in [1.82, 2.24) is 0 Å². The molecule has 2 aromatic rings. The summed E-state index contributed by atoms with van der Waals surface area (Å²) in [6.45, 7) is 3.65. The predicted octanol–water partition coefficient (Wildman–Crippen LogP) is 4.60. The van der Waals surface area contributed by atoms with Gasteiger partial charge in [-0.15, -0.1) is 0 Å². The molecule has 0 saturated heterocycles. The van der Waals surface area contributed by atoms with E-state index >= 15 is 0 Å². The van der Waals surface area contributed by atoms with E-state index in [1.54, 1.807) is 31.2 Å². The van der Waals surface area contributed by atoms with E-state index in [0.29, 0.717) is 22.1 Å². The van der Waals surface area contributed by atoms with Crippen LogP contribution in [0, 0.1) is 12.7 Å². The van der Waals surface area contributed by atoms with Gasteiger partial charge in [-0.1, -0.05) is 23.7 Å². The molecular weight excluding hydrogens is 265 g/mol. The van der Waals surface area contributed by atoms with Crippen LogP contribution in [0.5, 0.6) is 11.5 Å². The van der Waals surface area contributed by atoms with Gasteiger partial charge in [0.05, 0.1) is 5.02 Å². The summed E-state index contributed by atoms with van der Waals surface area (Å²) in [5, 5.41) is 0.486. The fourth-order valence-corrected chi connectivity index (χ4v) is 2.13. The number of rotatable bonds is 3. The van der Waals surface area contributed by atoms with Gasteiger partial charge in [-0.3, -0.25) is 0 Å². The molecule has 0 aromatic heterocycles. The van der Waals surface area contributed by atoms with Crippen molar-refractivity contribution in [2.24, 2.45) is 5.73 Å². The van der Waals surface area contributed by atoms with Gasteiger partial charge in [0.1, 0.15) is 17.3 Å². The highest BCUT2D eigenvalue weighted by Gasteiger charge is 2.15. The van der Waals surface area contributed by atoms with Gasteiger partial charge in [-0.25, -0.2) is 4.39 Å². The van der Waals surface area contributed by atoms with Gasteiger partial charge in [0.25, 0.3) is 0 Å². The molecule has 0 fully saturated rings. The van der Waals surface area contributed by atoms with Crippen LogP contribution >= 0.6 is 11.6 Å². The van der Waals surface area contributed by atoms with E-state index in [1.807, 2.05) is 13.0 Å². The molecule has 2 aromatic carbocycles. The van der Waals surface area contributed by atoms with Crippen molar-refractivity contribution >= 4 is 11.6 Å². The Bertz CT molecular complexity index is 599. The third-order valence-corrected chi connectivity index (χ3v) is 3.07. The van der Waals surface area contributed by atoms with Crippen molar-refractivity contribution in [3.63, 3.8) is 0 Å². The van der Waals surface area contributed by atoms with Crippen LogP contribution in [-0.4, -0.2) is 0 Å². The summed E-state index contributed by atoms with van der Waals surface area (Å²) < 4.78 is 19.5. The zero-order valence-corrected chi connectivity index (χ0v) is 11.5. The van der Waals surface area contributed by atoms with Crippen LogP contribution in [0.4, 0.5) is 4.39 Å². The molecule has 2 N–H and O–H groups in total. The number of aryl methyl sites for hydroxylation is 1. The maximum atomic E-state index is 13.8. The van der Waals surface area contributed by atoms with E-state index in [0.717, 1.165) is 5.56 Å². The van der Waals surface area contributed by atoms with Gasteiger partial charge in [0, 0.05) is 11.6 Å². The van der Waals surface area contributed by atoms with Gasteiger partial charge < -0.3 is 10.5 Å². The summed E-state index contributed by atoms with van der Waals surface area (Å²) >= 11 is 6.10. The largest absolute Gasteiger partial charge is 0.455 e. The summed E-state index contributed by atoms with van der Waals surface area (Å²) in [7, 11) is 0. The summed E-state index contributed by atoms with van der Waals surface area (Å²) in [6.07, 6.45) is 0. The minimum absolute atomic E-state index is 0.346. The maximum Gasteiger partial charge on any atom is 0.146 e. The molecule has 19 heavy (non-hydrogen) atoms. The molecular formula is C15H15ClFNO. The number of hydrogen-bond donors (Lipinski definition) is 1. The number of halogens is 2. The Morgan fingerprint density at radius 1 is 1.21 bits per heavy atom. The third-order valence-electron chi connectivity index (χ3n) is 2.78. The summed E-state index contributed by atoms with van der Waals surface area (Å²) in [4.78, 5) is 0. The van der Waals surface area contributed by atoms with Crippen LogP contribution in [0.1, 0.15) is 24.1 Å². The first-order chi connectivity index (χ1) is 8.99. The minimum atomic E-state index is -0.458. The molecule has 0 amide bonds. The van der Waals surface area contributed by atoms with E-state index in [9.17, 15) is 4.39 Å². The van der Waals surface area contributed by atoms with E-state index in [2.05, 4.69) is 0 Å². The van der Waals surface area contributed by atoms with Crippen molar-refractivity contribution in [3.05, 3.63) is 58.4 Å². The molecule has 0 spiro atoms. The van der Waals surface area contributed by atoms with E-state index < -0.39 is 6.04 Å². The van der Waals surface area contributed by atoms with E-state index in [1.165, 1.54) is 6.07 Å². The molecule has 0 saturated carbocycles. The highest BCUT2D eigenvalue weighted by molar-refractivity contribution is 6.32. The molecule has 0 aliphatic carbocycles. The molecule has 100 valence electrons. The van der Waals surface area contributed by atoms with Crippen LogP contribution < -0.4 is 10.5 Å². The minimum Gasteiger partial charge on any atom is -0.455 e. The van der Waals surface area contributed by atoms with E-state index in [-0.39, 0.29) is 5.82 Å². The Morgan fingerprint density at radius 3 is 2.58 bits per heavy atom. The highest BCUT2D eigenvalue weighted by Crippen LogP contribution is 2.34. The van der Waals surface area contributed by atoms with Crippen molar-refractivity contribution < 1.29 is 9.13 Å². The Labute approximate surface area is 117 Å². The van der Waals surface area contributed by atoms with Gasteiger partial charge in [0.15, 0.2) is 0 Å². The molecule has 0 aliphatic heterocycles. The first-order valence-corrected chi connectivity index (χ1v) is 6.35. The number of nitrogens with two attached hydrogens (primary N) is 1. The Hall–Kier alpha value is -1.58. The lowest BCUT2D eigenvalue weighted by Crippen LogP contribution is -2.09. The maximum absolute atomic E-state index is 13.8. The lowest BCUT2D eigenvalue weighted by molar-refractivity contribution is 0.461. The second-order valence-electron chi connectivity index (χ2n) is 4.48. The number of hydrogen-bond acceptors (Lipinski definition) is 2. The van der Waals surface area contributed by atoms with Crippen molar-refractivity contribution in [2.75, 3.05) is 0 Å². The van der Waals surface area contributed by atoms with Crippen LogP contribution in [-0.2, 0) is 0 Å². The molecule has 1 atom stereocenters.